The van der Waals surface area contributed by atoms with Gasteiger partial charge in [-0.25, -0.2) is 0 Å². The highest BCUT2D eigenvalue weighted by Gasteiger charge is 1.97. The maximum atomic E-state index is 11.3. The fourth-order valence-corrected chi connectivity index (χ4v) is 1.70. The molecule has 0 bridgehead atoms. The van der Waals surface area contributed by atoms with Crippen LogP contribution in [-0.4, -0.2) is 12.5 Å². The van der Waals surface area contributed by atoms with Gasteiger partial charge in [-0.05, 0) is 29.9 Å². The highest BCUT2D eigenvalue weighted by molar-refractivity contribution is 7.10. The summed E-state index contributed by atoms with van der Waals surface area (Å²) in [6.07, 6.45) is 4.46. The largest absolute Gasteiger partial charge is 0.353 e. The highest BCUT2D eigenvalue weighted by atomic mass is 32.1. The van der Waals surface area contributed by atoms with E-state index in [2.05, 4.69) is 19.2 Å². The molecule has 0 aliphatic heterocycles. The van der Waals surface area contributed by atoms with Gasteiger partial charge in [0.05, 0.1) is 0 Å². The van der Waals surface area contributed by atoms with Crippen molar-refractivity contribution >= 4 is 23.3 Å². The maximum Gasteiger partial charge on any atom is 0.244 e. The number of hydrogen-bond donors (Lipinski definition) is 1. The summed E-state index contributed by atoms with van der Waals surface area (Å²) in [6, 6.07) is 3.96. The normalized spacial score (nSPS) is 11.1. The molecule has 0 saturated carbocycles. The third-order valence-electron chi connectivity index (χ3n) is 1.96. The van der Waals surface area contributed by atoms with E-state index in [1.807, 2.05) is 23.6 Å². The molecule has 3 heteroatoms. The van der Waals surface area contributed by atoms with Gasteiger partial charge in [0.2, 0.25) is 5.91 Å². The molecule has 1 N–H and O–H groups in total. The molecule has 0 aliphatic rings. The van der Waals surface area contributed by atoms with Crippen LogP contribution in [0.5, 0.6) is 0 Å². The van der Waals surface area contributed by atoms with Crippen molar-refractivity contribution in [1.82, 2.24) is 5.32 Å². The van der Waals surface area contributed by atoms with E-state index in [-0.39, 0.29) is 5.91 Å². The first-order valence-electron chi connectivity index (χ1n) is 5.18. The van der Waals surface area contributed by atoms with Gasteiger partial charge in [0.1, 0.15) is 0 Å². The Hall–Kier alpha value is -1.09. The third kappa shape index (κ3) is 5.37. The first-order chi connectivity index (χ1) is 7.18. The zero-order chi connectivity index (χ0) is 11.1. The molecule has 0 unspecified atom stereocenters. The van der Waals surface area contributed by atoms with Gasteiger partial charge >= 0.3 is 0 Å². The van der Waals surface area contributed by atoms with Crippen LogP contribution in [0.4, 0.5) is 0 Å². The van der Waals surface area contributed by atoms with Crippen LogP contribution in [0.1, 0.15) is 25.1 Å². The van der Waals surface area contributed by atoms with Crippen molar-refractivity contribution in [2.24, 2.45) is 5.92 Å². The molecule has 82 valence electrons. The Morgan fingerprint density at radius 3 is 3.00 bits per heavy atom. The van der Waals surface area contributed by atoms with Gasteiger partial charge < -0.3 is 5.32 Å². The number of rotatable bonds is 5. The van der Waals surface area contributed by atoms with Gasteiger partial charge in [0, 0.05) is 17.5 Å². The Labute approximate surface area is 95.0 Å². The molecular weight excluding hydrogens is 206 g/mol. The van der Waals surface area contributed by atoms with Crippen LogP contribution in [-0.2, 0) is 4.79 Å². The Morgan fingerprint density at radius 1 is 1.60 bits per heavy atom. The Balaban J connectivity index is 2.24. The van der Waals surface area contributed by atoms with Gasteiger partial charge in [-0.1, -0.05) is 19.9 Å². The number of carbonyl (C=O) groups excluding carboxylic acids is 1. The van der Waals surface area contributed by atoms with Crippen molar-refractivity contribution < 1.29 is 4.79 Å². The average Bonchev–Trinajstić information content (AvgIpc) is 2.66. The molecule has 1 aromatic heterocycles. The van der Waals surface area contributed by atoms with Crippen molar-refractivity contribution in [1.29, 1.82) is 0 Å². The predicted molar refractivity (Wildman–Crippen MR) is 65.8 cm³/mol. The van der Waals surface area contributed by atoms with Crippen LogP contribution in [0, 0.1) is 5.92 Å². The smallest absolute Gasteiger partial charge is 0.244 e. The van der Waals surface area contributed by atoms with Gasteiger partial charge in [-0.15, -0.1) is 11.3 Å². The first kappa shape index (κ1) is 12.0. The van der Waals surface area contributed by atoms with E-state index < -0.39 is 0 Å². The van der Waals surface area contributed by atoms with Crippen molar-refractivity contribution in [3.8, 4) is 0 Å². The highest BCUT2D eigenvalue weighted by Crippen LogP contribution is 2.09. The quantitative estimate of drug-likeness (QED) is 0.764. The lowest BCUT2D eigenvalue weighted by Gasteiger charge is -2.04. The zero-order valence-corrected chi connectivity index (χ0v) is 10.0. The lowest BCUT2D eigenvalue weighted by molar-refractivity contribution is -0.116. The van der Waals surface area contributed by atoms with Crippen LogP contribution in [0.3, 0.4) is 0 Å². The van der Waals surface area contributed by atoms with Gasteiger partial charge in [0.15, 0.2) is 0 Å². The minimum Gasteiger partial charge on any atom is -0.353 e. The second kappa shape index (κ2) is 6.40. The summed E-state index contributed by atoms with van der Waals surface area (Å²) in [5.74, 6) is 0.621. The molecule has 0 spiro atoms. The number of hydrogen-bond acceptors (Lipinski definition) is 2. The standard InChI is InChI=1S/C12H17NOS/c1-10(2)7-8-13-12(14)6-5-11-4-3-9-15-11/h3-6,9-10H,7-8H2,1-2H3,(H,13,14). The molecule has 0 radical (unpaired) electrons. The summed E-state index contributed by atoms with van der Waals surface area (Å²) in [6.45, 7) is 5.05. The van der Waals surface area contributed by atoms with Crippen LogP contribution in [0.15, 0.2) is 23.6 Å². The molecule has 1 aromatic rings. The van der Waals surface area contributed by atoms with Crippen molar-refractivity contribution in [2.45, 2.75) is 20.3 Å². The average molecular weight is 223 g/mol. The van der Waals surface area contributed by atoms with E-state index in [9.17, 15) is 4.79 Å². The van der Waals surface area contributed by atoms with E-state index >= 15 is 0 Å². The zero-order valence-electron chi connectivity index (χ0n) is 9.19. The van der Waals surface area contributed by atoms with E-state index in [0.717, 1.165) is 17.8 Å². The van der Waals surface area contributed by atoms with Crippen molar-refractivity contribution in [3.63, 3.8) is 0 Å². The predicted octanol–water partition coefficient (Wildman–Crippen LogP) is 2.92. The van der Waals surface area contributed by atoms with Crippen LogP contribution in [0.25, 0.3) is 6.08 Å². The second-order valence-corrected chi connectivity index (χ2v) is 4.80. The minimum atomic E-state index is -0.0101. The fourth-order valence-electron chi connectivity index (χ4n) is 1.09. The lowest BCUT2D eigenvalue weighted by atomic mass is 10.1. The molecule has 2 nitrogen and oxygen atoms in total. The summed E-state index contributed by atoms with van der Waals surface area (Å²) < 4.78 is 0. The molecule has 0 saturated heterocycles. The SMILES string of the molecule is CC(C)CCNC(=O)C=Cc1cccs1. The summed E-state index contributed by atoms with van der Waals surface area (Å²) >= 11 is 1.63. The summed E-state index contributed by atoms with van der Waals surface area (Å²) in [7, 11) is 0. The Bertz CT molecular complexity index is 314. The Kier molecular flexibility index (Phi) is 5.12. The maximum absolute atomic E-state index is 11.3. The molecule has 0 atom stereocenters. The summed E-state index contributed by atoms with van der Waals surface area (Å²) in [5, 5.41) is 4.85. The van der Waals surface area contributed by atoms with Crippen LogP contribution in [0.2, 0.25) is 0 Å². The van der Waals surface area contributed by atoms with E-state index in [1.54, 1.807) is 17.4 Å². The molecule has 15 heavy (non-hydrogen) atoms. The molecule has 0 aliphatic carbocycles. The van der Waals surface area contributed by atoms with E-state index in [1.165, 1.54) is 0 Å². The second-order valence-electron chi connectivity index (χ2n) is 3.82. The van der Waals surface area contributed by atoms with Gasteiger partial charge in [-0.2, -0.15) is 0 Å². The number of thiophene rings is 1. The topological polar surface area (TPSA) is 29.1 Å². The molecule has 1 heterocycles. The van der Waals surface area contributed by atoms with Crippen LogP contribution >= 0.6 is 11.3 Å². The van der Waals surface area contributed by atoms with Crippen molar-refractivity contribution in [3.05, 3.63) is 28.5 Å². The van der Waals surface area contributed by atoms with E-state index in [0.29, 0.717) is 5.92 Å². The molecule has 1 amide bonds. The lowest BCUT2D eigenvalue weighted by Crippen LogP contribution is -2.22. The summed E-state index contributed by atoms with van der Waals surface area (Å²) in [5.41, 5.74) is 0. The van der Waals surface area contributed by atoms with Crippen molar-refractivity contribution in [2.75, 3.05) is 6.54 Å². The van der Waals surface area contributed by atoms with Gasteiger partial charge in [-0.3, -0.25) is 4.79 Å². The third-order valence-corrected chi connectivity index (χ3v) is 2.80. The molecular formula is C12H17NOS. The molecule has 0 fully saturated rings. The molecule has 1 rings (SSSR count). The van der Waals surface area contributed by atoms with Crippen LogP contribution < -0.4 is 5.32 Å². The monoisotopic (exact) mass is 223 g/mol. The van der Waals surface area contributed by atoms with E-state index in [4.69, 9.17) is 0 Å². The first-order valence-corrected chi connectivity index (χ1v) is 6.06. The number of carbonyl (C=O) groups is 1. The number of amides is 1. The minimum absolute atomic E-state index is 0.0101. The molecule has 0 aromatic carbocycles. The Morgan fingerprint density at radius 2 is 2.40 bits per heavy atom. The fraction of sp³-hybridized carbons (Fsp3) is 0.417. The summed E-state index contributed by atoms with van der Waals surface area (Å²) in [4.78, 5) is 12.4. The number of nitrogens with one attached hydrogen (secondary N) is 1. The van der Waals surface area contributed by atoms with Gasteiger partial charge in [0.25, 0.3) is 0 Å².